The van der Waals surface area contributed by atoms with Crippen LogP contribution in [0.25, 0.3) is 53.2 Å². The van der Waals surface area contributed by atoms with Crippen molar-refractivity contribution in [2.45, 2.75) is 5.41 Å². The van der Waals surface area contributed by atoms with E-state index in [-0.39, 0.29) is 0 Å². The molecule has 2 heteroatoms. The van der Waals surface area contributed by atoms with Gasteiger partial charge in [-0.3, -0.25) is 0 Å². The normalized spacial score (nSPS) is 12.9. The second kappa shape index (κ2) is 12.7. The van der Waals surface area contributed by atoms with Crippen LogP contribution in [-0.2, 0) is 5.41 Å². The highest BCUT2D eigenvalue weighted by molar-refractivity contribution is 7.26. The predicted octanol–water partition coefficient (Wildman–Crippen LogP) is 14.7. The fourth-order valence-electron chi connectivity index (χ4n) is 9.21. The van der Waals surface area contributed by atoms with Crippen LogP contribution in [0.2, 0.25) is 0 Å². The molecule has 0 unspecified atom stereocenters. The van der Waals surface area contributed by atoms with Crippen molar-refractivity contribution < 1.29 is 0 Å². The smallest absolute Gasteiger partial charge is 0.0713 e. The van der Waals surface area contributed by atoms with E-state index < -0.39 is 5.41 Å². The summed E-state index contributed by atoms with van der Waals surface area (Å²) in [6, 6.07) is 78.2. The van der Waals surface area contributed by atoms with Crippen LogP contribution in [-0.4, -0.2) is 0 Å². The Hall–Kier alpha value is -6.74. The van der Waals surface area contributed by atoms with E-state index in [4.69, 9.17) is 0 Å². The molecule has 1 nitrogen and oxygen atoms in total. The lowest BCUT2D eigenvalue weighted by atomic mass is 9.68. The molecule has 0 spiro atoms. The Bertz CT molecular complexity index is 2980. The first-order chi connectivity index (χ1) is 27.3. The van der Waals surface area contributed by atoms with Crippen molar-refractivity contribution in [3.8, 4) is 22.3 Å². The van der Waals surface area contributed by atoms with Crippen molar-refractivity contribution in [2.24, 2.45) is 0 Å². The maximum Gasteiger partial charge on any atom is 0.0713 e. The lowest BCUT2D eigenvalue weighted by molar-refractivity contribution is 0.768. The van der Waals surface area contributed by atoms with Gasteiger partial charge < -0.3 is 4.90 Å². The van der Waals surface area contributed by atoms with Crippen molar-refractivity contribution in [1.82, 2.24) is 0 Å². The molecule has 0 radical (unpaired) electrons. The summed E-state index contributed by atoms with van der Waals surface area (Å²) in [5, 5.41) is 5.09. The highest BCUT2D eigenvalue weighted by Crippen LogP contribution is 2.56. The molecule has 0 saturated carbocycles. The van der Waals surface area contributed by atoms with E-state index in [1.54, 1.807) is 0 Å². The average molecular weight is 718 g/mol. The monoisotopic (exact) mass is 717 g/mol. The van der Waals surface area contributed by atoms with Crippen LogP contribution in [0.4, 0.5) is 17.1 Å². The van der Waals surface area contributed by atoms with Crippen LogP contribution in [0, 0.1) is 0 Å². The largest absolute Gasteiger partial charge is 0.310 e. The lowest BCUT2D eigenvalue weighted by Gasteiger charge is -2.34. The number of thiophene rings is 1. The summed E-state index contributed by atoms with van der Waals surface area (Å²) in [4.78, 5) is 2.45. The van der Waals surface area contributed by atoms with Gasteiger partial charge in [0.15, 0.2) is 0 Å². The molecular weight excluding hydrogens is 683 g/mol. The zero-order valence-corrected chi connectivity index (χ0v) is 30.9. The molecule has 1 heterocycles. The van der Waals surface area contributed by atoms with Gasteiger partial charge in [-0.05, 0) is 97.7 Å². The molecule has 0 amide bonds. The second-order valence-corrected chi connectivity index (χ2v) is 15.5. The van der Waals surface area contributed by atoms with E-state index in [0.717, 1.165) is 11.4 Å². The Kier molecular flexibility index (Phi) is 7.33. The summed E-state index contributed by atoms with van der Waals surface area (Å²) in [7, 11) is 0. The van der Waals surface area contributed by atoms with Crippen LogP contribution < -0.4 is 4.90 Å². The fraction of sp³-hybridized carbons (Fsp3) is 0.0189. The minimum absolute atomic E-state index is 0.443. The van der Waals surface area contributed by atoms with Crippen molar-refractivity contribution in [2.75, 3.05) is 4.90 Å². The summed E-state index contributed by atoms with van der Waals surface area (Å²) >= 11 is 1.86. The third kappa shape index (κ3) is 4.85. The van der Waals surface area contributed by atoms with Crippen LogP contribution in [0.5, 0.6) is 0 Å². The van der Waals surface area contributed by atoms with Crippen molar-refractivity contribution in [1.29, 1.82) is 0 Å². The minimum Gasteiger partial charge on any atom is -0.310 e. The van der Waals surface area contributed by atoms with Gasteiger partial charge >= 0.3 is 0 Å². The molecular formula is C53H35NS. The van der Waals surface area contributed by atoms with Gasteiger partial charge in [-0.2, -0.15) is 0 Å². The zero-order valence-electron chi connectivity index (χ0n) is 30.1. The third-order valence-electron chi connectivity index (χ3n) is 11.6. The number of hydrogen-bond donors (Lipinski definition) is 0. The number of hydrogen-bond acceptors (Lipinski definition) is 2. The van der Waals surface area contributed by atoms with Crippen LogP contribution in [0.1, 0.15) is 22.3 Å². The summed E-state index contributed by atoms with van der Waals surface area (Å²) in [6.45, 7) is 0. The standard InChI is InChI=1S/C53H35NS/c1-2-16-38(17-3-1)53(47-23-9-6-19-44(47)45-20-7-10-24-48(45)53)39-30-34-41(35-31-39)54(49-25-13-27-51-52(49)46-21-8-11-26-50(46)55-51)40-32-28-37(29-33-40)43-22-12-15-36-14-4-5-18-42(36)43/h1-35H. The maximum absolute atomic E-state index is 2.45. The molecule has 0 fully saturated rings. The summed E-state index contributed by atoms with van der Waals surface area (Å²) in [6.07, 6.45) is 0. The Morgan fingerprint density at radius 2 is 0.891 bits per heavy atom. The molecule has 55 heavy (non-hydrogen) atoms. The van der Waals surface area contributed by atoms with Crippen LogP contribution >= 0.6 is 11.3 Å². The Morgan fingerprint density at radius 3 is 1.64 bits per heavy atom. The second-order valence-electron chi connectivity index (χ2n) is 14.4. The van der Waals surface area contributed by atoms with Crippen molar-refractivity contribution in [3.05, 3.63) is 235 Å². The van der Waals surface area contributed by atoms with Gasteiger partial charge in [-0.15, -0.1) is 11.3 Å². The predicted molar refractivity (Wildman–Crippen MR) is 234 cm³/mol. The first kappa shape index (κ1) is 31.8. The first-order valence-corrected chi connectivity index (χ1v) is 19.7. The number of benzene rings is 9. The summed E-state index contributed by atoms with van der Waals surface area (Å²) < 4.78 is 2.59. The molecule has 0 saturated heterocycles. The Balaban J connectivity index is 1.11. The number of nitrogens with zero attached hydrogens (tertiary/aromatic N) is 1. The fourth-order valence-corrected chi connectivity index (χ4v) is 10.3. The van der Waals surface area contributed by atoms with Crippen LogP contribution in [0.15, 0.2) is 212 Å². The molecule has 9 aromatic carbocycles. The topological polar surface area (TPSA) is 3.24 Å². The summed E-state index contributed by atoms with van der Waals surface area (Å²) in [5.41, 5.74) is 13.2. The van der Waals surface area contributed by atoms with Crippen molar-refractivity contribution >= 4 is 59.3 Å². The lowest BCUT2D eigenvalue weighted by Crippen LogP contribution is -2.28. The third-order valence-corrected chi connectivity index (χ3v) is 12.7. The molecule has 0 aliphatic heterocycles. The zero-order chi connectivity index (χ0) is 36.3. The van der Waals surface area contributed by atoms with Crippen LogP contribution in [0.3, 0.4) is 0 Å². The number of fused-ring (bicyclic) bond motifs is 7. The Morgan fingerprint density at radius 1 is 0.364 bits per heavy atom. The molecule has 258 valence electrons. The van der Waals surface area contributed by atoms with Gasteiger partial charge in [0.05, 0.1) is 11.1 Å². The van der Waals surface area contributed by atoms with E-state index in [2.05, 4.69) is 217 Å². The van der Waals surface area contributed by atoms with E-state index in [1.807, 2.05) is 11.3 Å². The van der Waals surface area contributed by atoms with Gasteiger partial charge in [-0.1, -0.05) is 170 Å². The molecule has 0 bridgehead atoms. The molecule has 0 atom stereocenters. The Labute approximate surface area is 325 Å². The van der Waals surface area contributed by atoms with E-state index in [9.17, 15) is 0 Å². The van der Waals surface area contributed by atoms with E-state index in [0.29, 0.717) is 0 Å². The van der Waals surface area contributed by atoms with Gasteiger partial charge in [0.25, 0.3) is 0 Å². The molecule has 1 aliphatic carbocycles. The SMILES string of the molecule is c1ccc(C2(c3ccc(N(c4ccc(-c5cccc6ccccc56)cc4)c4cccc5sc6ccccc6c45)cc3)c3ccccc3-c3ccccc32)cc1. The number of anilines is 3. The molecule has 1 aliphatic rings. The van der Waals surface area contributed by atoms with Gasteiger partial charge in [0.2, 0.25) is 0 Å². The minimum atomic E-state index is -0.443. The quantitative estimate of drug-likeness (QED) is 0.166. The molecule has 11 rings (SSSR count). The van der Waals surface area contributed by atoms with Crippen molar-refractivity contribution in [3.63, 3.8) is 0 Å². The first-order valence-electron chi connectivity index (χ1n) is 18.9. The highest BCUT2D eigenvalue weighted by atomic mass is 32.1. The van der Waals surface area contributed by atoms with Gasteiger partial charge in [0.1, 0.15) is 0 Å². The number of rotatable bonds is 6. The summed E-state index contributed by atoms with van der Waals surface area (Å²) in [5.74, 6) is 0. The molecule has 10 aromatic rings. The average Bonchev–Trinajstić information content (AvgIpc) is 3.79. The van der Waals surface area contributed by atoms with E-state index in [1.165, 1.54) is 81.1 Å². The van der Waals surface area contributed by atoms with Gasteiger partial charge in [-0.25, -0.2) is 0 Å². The van der Waals surface area contributed by atoms with Gasteiger partial charge in [0, 0.05) is 31.5 Å². The maximum atomic E-state index is 2.45. The molecule has 0 N–H and O–H groups in total. The van der Waals surface area contributed by atoms with E-state index >= 15 is 0 Å². The molecule has 1 aromatic heterocycles. The highest BCUT2D eigenvalue weighted by Gasteiger charge is 2.45.